The van der Waals surface area contributed by atoms with Gasteiger partial charge in [0.1, 0.15) is 17.5 Å². The zero-order valence-electron chi connectivity index (χ0n) is 18.7. The number of aromatic nitrogens is 2. The highest BCUT2D eigenvalue weighted by molar-refractivity contribution is 8.00. The Labute approximate surface area is 184 Å². The van der Waals surface area contributed by atoms with Crippen molar-refractivity contribution in [3.8, 4) is 6.07 Å². The standard InChI is InChI=1S/C24H31N5S/c1-6-18-15-30-16-22(29(5)24-21(7-2)26-17(3)28(24)4)27-23(18)20-13-11-9-8-10-12-19(20)14-25/h8-9,11,13H,6-7,10,12,15-16H2,1-5H3/b9-8+,13-11-,20-19-. The van der Waals surface area contributed by atoms with E-state index in [9.17, 15) is 5.26 Å². The van der Waals surface area contributed by atoms with Gasteiger partial charge in [0.25, 0.3) is 0 Å². The lowest BCUT2D eigenvalue weighted by atomic mass is 9.96. The number of aliphatic imine (C=N–C) groups is 1. The van der Waals surface area contributed by atoms with E-state index < -0.39 is 0 Å². The Balaban J connectivity index is 2.14. The molecule has 0 radical (unpaired) electrons. The van der Waals surface area contributed by atoms with Crippen molar-refractivity contribution in [3.63, 3.8) is 0 Å². The molecule has 3 rings (SSSR count). The van der Waals surface area contributed by atoms with Gasteiger partial charge in [-0.3, -0.25) is 0 Å². The summed E-state index contributed by atoms with van der Waals surface area (Å²) < 4.78 is 2.14. The van der Waals surface area contributed by atoms with Gasteiger partial charge < -0.3 is 9.47 Å². The number of anilines is 1. The van der Waals surface area contributed by atoms with Crippen LogP contribution < -0.4 is 4.90 Å². The summed E-state index contributed by atoms with van der Waals surface area (Å²) >= 11 is 1.89. The highest BCUT2D eigenvalue weighted by Gasteiger charge is 2.23. The topological polar surface area (TPSA) is 57.2 Å². The summed E-state index contributed by atoms with van der Waals surface area (Å²) in [5, 5.41) is 9.83. The van der Waals surface area contributed by atoms with Gasteiger partial charge in [0.05, 0.1) is 23.2 Å². The summed E-state index contributed by atoms with van der Waals surface area (Å²) in [5.41, 5.74) is 5.16. The average molecular weight is 422 g/mol. The minimum absolute atomic E-state index is 0.752. The third-order valence-electron chi connectivity index (χ3n) is 5.69. The predicted octanol–water partition coefficient (Wildman–Crippen LogP) is 5.26. The van der Waals surface area contributed by atoms with Gasteiger partial charge in [0, 0.05) is 31.0 Å². The van der Waals surface area contributed by atoms with Crippen molar-refractivity contribution < 1.29 is 0 Å². The third-order valence-corrected chi connectivity index (χ3v) is 6.71. The Morgan fingerprint density at radius 2 is 2.03 bits per heavy atom. The Morgan fingerprint density at radius 3 is 2.73 bits per heavy atom. The van der Waals surface area contributed by atoms with Crippen molar-refractivity contribution in [3.05, 3.63) is 58.2 Å². The van der Waals surface area contributed by atoms with Gasteiger partial charge in [0.2, 0.25) is 0 Å². The van der Waals surface area contributed by atoms with E-state index in [1.807, 2.05) is 24.8 Å². The van der Waals surface area contributed by atoms with Crippen LogP contribution in [-0.4, -0.2) is 33.9 Å². The van der Waals surface area contributed by atoms with Crippen molar-refractivity contribution in [2.75, 3.05) is 23.5 Å². The van der Waals surface area contributed by atoms with Crippen LogP contribution in [0.2, 0.25) is 0 Å². The number of allylic oxidation sites excluding steroid dienone is 5. The molecular formula is C24H31N5S. The maximum atomic E-state index is 9.83. The second-order valence-corrected chi connectivity index (χ2v) is 8.54. The second-order valence-electron chi connectivity index (χ2n) is 7.56. The number of thioether (sulfide) groups is 1. The molecule has 0 saturated carbocycles. The smallest absolute Gasteiger partial charge is 0.136 e. The molecule has 2 aliphatic rings. The zero-order valence-corrected chi connectivity index (χ0v) is 19.5. The number of imidazole rings is 1. The molecule has 0 N–H and O–H groups in total. The van der Waals surface area contributed by atoms with Crippen molar-refractivity contribution in [1.82, 2.24) is 9.55 Å². The summed E-state index contributed by atoms with van der Waals surface area (Å²) in [6.45, 7) is 6.36. The Bertz CT molecular complexity index is 998. The van der Waals surface area contributed by atoms with E-state index in [2.05, 4.69) is 61.7 Å². The fourth-order valence-electron chi connectivity index (χ4n) is 3.84. The quantitative estimate of drug-likeness (QED) is 0.665. The van der Waals surface area contributed by atoms with Crippen molar-refractivity contribution >= 4 is 23.4 Å². The summed E-state index contributed by atoms with van der Waals surface area (Å²) in [4.78, 5) is 12.1. The molecule has 1 aliphatic carbocycles. The fourth-order valence-corrected chi connectivity index (χ4v) is 4.97. The van der Waals surface area contributed by atoms with Crippen LogP contribution in [0.25, 0.3) is 0 Å². The average Bonchev–Trinajstić information content (AvgIpc) is 2.89. The van der Waals surface area contributed by atoms with Gasteiger partial charge >= 0.3 is 0 Å². The number of hydrogen-bond acceptors (Lipinski definition) is 5. The zero-order chi connectivity index (χ0) is 21.7. The SMILES string of the molecule is CCC1=C(C2=C(\C#N)CC/C=C/C=C\2)N=C(N(C)c2c(CC)nc(C)n2C)CSC1. The van der Waals surface area contributed by atoms with Crippen LogP contribution in [0, 0.1) is 18.3 Å². The molecule has 0 saturated heterocycles. The fraction of sp³-hybridized carbons (Fsp3) is 0.458. The molecule has 1 aromatic rings. The molecule has 30 heavy (non-hydrogen) atoms. The summed E-state index contributed by atoms with van der Waals surface area (Å²) in [5.74, 6) is 4.87. The lowest BCUT2D eigenvalue weighted by Crippen LogP contribution is -2.31. The van der Waals surface area contributed by atoms with Gasteiger partial charge in [-0.25, -0.2) is 9.98 Å². The molecule has 0 amide bonds. The number of aryl methyl sites for hydroxylation is 2. The second kappa shape index (κ2) is 9.99. The Hall–Kier alpha value is -2.52. The highest BCUT2D eigenvalue weighted by atomic mass is 32.2. The Kier molecular flexibility index (Phi) is 7.38. The monoisotopic (exact) mass is 421 g/mol. The van der Waals surface area contributed by atoms with Gasteiger partial charge in [-0.05, 0) is 38.2 Å². The minimum Gasteiger partial charge on any atom is -0.318 e. The Morgan fingerprint density at radius 1 is 1.23 bits per heavy atom. The van der Waals surface area contributed by atoms with Crippen LogP contribution in [0.3, 0.4) is 0 Å². The van der Waals surface area contributed by atoms with Crippen molar-refractivity contribution in [2.45, 2.75) is 46.5 Å². The van der Waals surface area contributed by atoms with Gasteiger partial charge in [-0.15, -0.1) is 11.8 Å². The number of nitriles is 1. The number of nitrogens with zero attached hydrogens (tertiary/aromatic N) is 5. The molecule has 5 nitrogen and oxygen atoms in total. The van der Waals surface area contributed by atoms with Crippen molar-refractivity contribution in [1.29, 1.82) is 5.26 Å². The first-order valence-electron chi connectivity index (χ1n) is 10.6. The van der Waals surface area contributed by atoms with Crippen LogP contribution >= 0.6 is 11.8 Å². The van der Waals surface area contributed by atoms with Crippen LogP contribution in [-0.2, 0) is 13.5 Å². The number of hydrogen-bond donors (Lipinski definition) is 0. The summed E-state index contributed by atoms with van der Waals surface area (Å²) in [7, 11) is 4.14. The lowest BCUT2D eigenvalue weighted by molar-refractivity contribution is 0.848. The van der Waals surface area contributed by atoms with Gasteiger partial charge in [0.15, 0.2) is 0 Å². The molecule has 0 bridgehead atoms. The summed E-state index contributed by atoms with van der Waals surface area (Å²) in [6.07, 6.45) is 11.7. The molecule has 2 heterocycles. The molecule has 0 aromatic carbocycles. The third kappa shape index (κ3) is 4.46. The predicted molar refractivity (Wildman–Crippen MR) is 128 cm³/mol. The summed E-state index contributed by atoms with van der Waals surface area (Å²) in [6, 6.07) is 2.45. The van der Waals surface area contributed by atoms with E-state index >= 15 is 0 Å². The van der Waals surface area contributed by atoms with E-state index in [0.717, 1.165) is 77.2 Å². The van der Waals surface area contributed by atoms with Crippen molar-refractivity contribution in [2.24, 2.45) is 12.0 Å². The van der Waals surface area contributed by atoms with Crippen LogP contribution in [0.1, 0.15) is 44.6 Å². The highest BCUT2D eigenvalue weighted by Crippen LogP contribution is 2.32. The van der Waals surface area contributed by atoms with E-state index in [1.54, 1.807) is 0 Å². The number of rotatable bonds is 4. The van der Waals surface area contributed by atoms with Crippen LogP contribution in [0.4, 0.5) is 5.82 Å². The molecule has 1 aromatic heterocycles. The number of amidine groups is 1. The molecule has 0 spiro atoms. The molecule has 0 unspecified atom stereocenters. The van der Waals surface area contributed by atoms with Gasteiger partial charge in [-0.1, -0.05) is 38.2 Å². The maximum absolute atomic E-state index is 9.83. The molecule has 0 atom stereocenters. The first kappa shape index (κ1) is 22.2. The van der Waals surface area contributed by atoms with E-state index in [0.29, 0.717) is 0 Å². The first-order valence-corrected chi connectivity index (χ1v) is 11.8. The molecule has 1 aliphatic heterocycles. The molecular weight excluding hydrogens is 390 g/mol. The molecule has 0 fully saturated rings. The van der Waals surface area contributed by atoms with Gasteiger partial charge in [-0.2, -0.15) is 5.26 Å². The minimum atomic E-state index is 0.752. The van der Waals surface area contributed by atoms with Crippen LogP contribution in [0.5, 0.6) is 0 Å². The van der Waals surface area contributed by atoms with E-state index in [4.69, 9.17) is 9.98 Å². The first-order chi connectivity index (χ1) is 14.5. The van der Waals surface area contributed by atoms with Crippen LogP contribution in [0.15, 0.2) is 51.7 Å². The molecule has 6 heteroatoms. The maximum Gasteiger partial charge on any atom is 0.136 e. The largest absolute Gasteiger partial charge is 0.318 e. The molecule has 158 valence electrons. The normalized spacial score (nSPS) is 21.9. The van der Waals surface area contributed by atoms with E-state index in [-0.39, 0.29) is 0 Å². The van der Waals surface area contributed by atoms with E-state index in [1.165, 1.54) is 5.57 Å². The lowest BCUT2D eigenvalue weighted by Gasteiger charge is -2.23.